The first kappa shape index (κ1) is 12.7. The fourth-order valence-electron chi connectivity index (χ4n) is 2.40. The van der Waals surface area contributed by atoms with Crippen LogP contribution in [0, 0.1) is 11.3 Å². The van der Waals surface area contributed by atoms with Gasteiger partial charge in [0.15, 0.2) is 0 Å². The molecular weight excluding hydrogens is 238 g/mol. The SMILES string of the molecule is CC1(C)C[C@@H]1C(=O)N1CCSCC1CC(=O)O. The minimum atomic E-state index is -0.814. The number of amides is 1. The van der Waals surface area contributed by atoms with Crippen LogP contribution in [-0.4, -0.2) is 46.0 Å². The zero-order chi connectivity index (χ0) is 12.6. The van der Waals surface area contributed by atoms with Crippen molar-refractivity contribution in [2.24, 2.45) is 11.3 Å². The fraction of sp³-hybridized carbons (Fsp3) is 0.833. The highest BCUT2D eigenvalue weighted by molar-refractivity contribution is 7.99. The summed E-state index contributed by atoms with van der Waals surface area (Å²) in [7, 11) is 0. The van der Waals surface area contributed by atoms with Gasteiger partial charge >= 0.3 is 5.97 Å². The molecule has 0 aromatic heterocycles. The monoisotopic (exact) mass is 257 g/mol. The Morgan fingerprint density at radius 2 is 2.12 bits per heavy atom. The van der Waals surface area contributed by atoms with E-state index in [0.717, 1.165) is 17.9 Å². The smallest absolute Gasteiger partial charge is 0.305 e. The predicted octanol–water partition coefficient (Wildman–Crippen LogP) is 1.45. The Morgan fingerprint density at radius 1 is 1.47 bits per heavy atom. The van der Waals surface area contributed by atoms with Crippen molar-refractivity contribution >= 4 is 23.6 Å². The van der Waals surface area contributed by atoms with Crippen LogP contribution in [0.4, 0.5) is 0 Å². The molecular formula is C12H19NO3S. The Labute approximate surface area is 106 Å². The first-order valence-electron chi connectivity index (χ1n) is 6.02. The number of hydrogen-bond acceptors (Lipinski definition) is 3. The zero-order valence-corrected chi connectivity index (χ0v) is 11.1. The molecule has 1 unspecified atom stereocenters. The highest BCUT2D eigenvalue weighted by atomic mass is 32.2. The molecule has 0 spiro atoms. The van der Waals surface area contributed by atoms with E-state index in [1.165, 1.54) is 0 Å². The normalized spacial score (nSPS) is 31.1. The van der Waals surface area contributed by atoms with Crippen LogP contribution in [0.2, 0.25) is 0 Å². The summed E-state index contributed by atoms with van der Waals surface area (Å²) in [5.74, 6) is 1.15. The molecule has 17 heavy (non-hydrogen) atoms. The standard InChI is InChI=1S/C12H19NO3S/c1-12(2)6-9(12)11(16)13-3-4-17-7-8(13)5-10(14)15/h8-9H,3-7H2,1-2H3,(H,14,15)/t8?,9-/m1/s1. The maximum Gasteiger partial charge on any atom is 0.305 e. The molecule has 5 heteroatoms. The third-order valence-corrected chi connectivity index (χ3v) is 4.82. The second-order valence-electron chi connectivity index (χ2n) is 5.60. The molecule has 2 fully saturated rings. The van der Waals surface area contributed by atoms with Gasteiger partial charge in [-0.05, 0) is 11.8 Å². The summed E-state index contributed by atoms with van der Waals surface area (Å²) in [5, 5.41) is 8.87. The molecule has 2 aliphatic rings. The Balaban J connectivity index is 2.01. The second-order valence-corrected chi connectivity index (χ2v) is 6.75. The number of aliphatic carboxylic acids is 1. The Hall–Kier alpha value is -0.710. The first-order valence-corrected chi connectivity index (χ1v) is 7.17. The van der Waals surface area contributed by atoms with E-state index < -0.39 is 5.97 Å². The average molecular weight is 257 g/mol. The largest absolute Gasteiger partial charge is 0.481 e. The van der Waals surface area contributed by atoms with E-state index in [0.29, 0.717) is 6.54 Å². The van der Waals surface area contributed by atoms with E-state index in [4.69, 9.17) is 5.11 Å². The molecule has 0 radical (unpaired) electrons. The van der Waals surface area contributed by atoms with Crippen molar-refractivity contribution in [3.05, 3.63) is 0 Å². The van der Waals surface area contributed by atoms with Gasteiger partial charge in [-0.1, -0.05) is 13.8 Å². The molecule has 0 aromatic rings. The van der Waals surface area contributed by atoms with E-state index in [1.807, 2.05) is 4.90 Å². The van der Waals surface area contributed by atoms with E-state index in [2.05, 4.69) is 13.8 Å². The van der Waals surface area contributed by atoms with Crippen LogP contribution in [0.25, 0.3) is 0 Å². The highest BCUT2D eigenvalue weighted by Gasteiger charge is 2.52. The van der Waals surface area contributed by atoms with Gasteiger partial charge in [-0.2, -0.15) is 11.8 Å². The number of rotatable bonds is 3. The van der Waals surface area contributed by atoms with Crippen LogP contribution < -0.4 is 0 Å². The molecule has 1 heterocycles. The number of thioether (sulfide) groups is 1. The van der Waals surface area contributed by atoms with Crippen molar-refractivity contribution in [1.29, 1.82) is 0 Å². The van der Waals surface area contributed by atoms with Crippen LogP contribution in [0.5, 0.6) is 0 Å². The van der Waals surface area contributed by atoms with Crippen molar-refractivity contribution < 1.29 is 14.7 Å². The number of nitrogens with zero attached hydrogens (tertiary/aromatic N) is 1. The van der Waals surface area contributed by atoms with E-state index >= 15 is 0 Å². The van der Waals surface area contributed by atoms with Crippen LogP contribution in [0.3, 0.4) is 0 Å². The molecule has 2 atom stereocenters. The van der Waals surface area contributed by atoms with Crippen LogP contribution in [-0.2, 0) is 9.59 Å². The molecule has 1 saturated carbocycles. The molecule has 1 aliphatic heterocycles. The van der Waals surface area contributed by atoms with Crippen molar-refractivity contribution in [3.8, 4) is 0 Å². The lowest BCUT2D eigenvalue weighted by molar-refractivity contribution is -0.141. The summed E-state index contributed by atoms with van der Waals surface area (Å²) in [5.41, 5.74) is 0.120. The molecule has 1 N–H and O–H groups in total. The summed E-state index contributed by atoms with van der Waals surface area (Å²) in [6.07, 6.45) is 1.02. The van der Waals surface area contributed by atoms with Crippen LogP contribution in [0.15, 0.2) is 0 Å². The third-order valence-electron chi connectivity index (χ3n) is 3.73. The van der Waals surface area contributed by atoms with Gasteiger partial charge in [0.05, 0.1) is 12.5 Å². The van der Waals surface area contributed by atoms with E-state index in [1.54, 1.807) is 11.8 Å². The summed E-state index contributed by atoms with van der Waals surface area (Å²) in [6.45, 7) is 4.90. The predicted molar refractivity (Wildman–Crippen MR) is 67.0 cm³/mol. The fourth-order valence-corrected chi connectivity index (χ4v) is 3.47. The Kier molecular flexibility index (Phi) is 3.39. The summed E-state index contributed by atoms with van der Waals surface area (Å²) >= 11 is 1.74. The lowest BCUT2D eigenvalue weighted by Crippen LogP contribution is -2.48. The van der Waals surface area contributed by atoms with Gasteiger partial charge in [-0.25, -0.2) is 0 Å². The minimum absolute atomic E-state index is 0.0753. The number of hydrogen-bond donors (Lipinski definition) is 1. The van der Waals surface area contributed by atoms with Crippen molar-refractivity contribution in [2.75, 3.05) is 18.1 Å². The molecule has 1 saturated heterocycles. The Bertz CT molecular complexity index is 343. The summed E-state index contributed by atoms with van der Waals surface area (Å²) in [6, 6.07) is -0.116. The topological polar surface area (TPSA) is 57.6 Å². The van der Waals surface area contributed by atoms with Gasteiger partial charge in [0.1, 0.15) is 0 Å². The maximum atomic E-state index is 12.3. The van der Waals surface area contributed by atoms with Crippen LogP contribution in [0.1, 0.15) is 26.7 Å². The molecule has 96 valence electrons. The van der Waals surface area contributed by atoms with Crippen LogP contribution >= 0.6 is 11.8 Å². The molecule has 4 nitrogen and oxygen atoms in total. The molecule has 0 bridgehead atoms. The number of carbonyl (C=O) groups excluding carboxylic acids is 1. The quantitative estimate of drug-likeness (QED) is 0.831. The van der Waals surface area contributed by atoms with Crippen molar-refractivity contribution in [1.82, 2.24) is 4.90 Å². The highest BCUT2D eigenvalue weighted by Crippen LogP contribution is 2.52. The van der Waals surface area contributed by atoms with Crippen molar-refractivity contribution in [3.63, 3.8) is 0 Å². The van der Waals surface area contributed by atoms with Crippen molar-refractivity contribution in [2.45, 2.75) is 32.7 Å². The zero-order valence-electron chi connectivity index (χ0n) is 10.3. The maximum absolute atomic E-state index is 12.3. The molecule has 1 amide bonds. The number of carbonyl (C=O) groups is 2. The van der Waals surface area contributed by atoms with E-state index in [9.17, 15) is 9.59 Å². The van der Waals surface area contributed by atoms with Gasteiger partial charge in [0.25, 0.3) is 0 Å². The lowest BCUT2D eigenvalue weighted by atomic mass is 10.1. The second kappa shape index (κ2) is 4.52. The number of carboxylic acids is 1. The summed E-state index contributed by atoms with van der Waals surface area (Å²) < 4.78 is 0. The minimum Gasteiger partial charge on any atom is -0.481 e. The van der Waals surface area contributed by atoms with Gasteiger partial charge < -0.3 is 10.0 Å². The number of carboxylic acid groups (broad SMARTS) is 1. The third kappa shape index (κ3) is 2.76. The molecule has 1 aliphatic carbocycles. The van der Waals surface area contributed by atoms with Gasteiger partial charge in [0, 0.05) is 24.0 Å². The summed E-state index contributed by atoms with van der Waals surface area (Å²) in [4.78, 5) is 24.9. The molecule has 0 aromatic carbocycles. The van der Waals surface area contributed by atoms with E-state index in [-0.39, 0.29) is 29.7 Å². The van der Waals surface area contributed by atoms with Gasteiger partial charge in [0.2, 0.25) is 5.91 Å². The molecule has 2 rings (SSSR count). The Morgan fingerprint density at radius 3 is 2.65 bits per heavy atom. The first-order chi connectivity index (χ1) is 7.92. The van der Waals surface area contributed by atoms with Gasteiger partial charge in [-0.15, -0.1) is 0 Å². The van der Waals surface area contributed by atoms with Gasteiger partial charge in [-0.3, -0.25) is 9.59 Å². The lowest BCUT2D eigenvalue weighted by Gasteiger charge is -2.35. The average Bonchev–Trinajstić information content (AvgIpc) is 2.87.